The van der Waals surface area contributed by atoms with Crippen LogP contribution in [-0.2, 0) is 4.79 Å². The fourth-order valence-corrected chi connectivity index (χ4v) is 2.32. The number of hydrogen-bond donors (Lipinski definition) is 2. The minimum atomic E-state index is -0.334. The molecule has 0 unspecified atom stereocenters. The minimum absolute atomic E-state index is 0.0107. The summed E-state index contributed by atoms with van der Waals surface area (Å²) in [6.45, 7) is 1.74. The fourth-order valence-electron chi connectivity index (χ4n) is 1.78. The van der Waals surface area contributed by atoms with Crippen molar-refractivity contribution >= 4 is 40.5 Å². The smallest absolute Gasteiger partial charge is 0.259 e. The first-order valence-electron chi connectivity index (χ1n) is 6.73. The number of benzene rings is 2. The molecule has 2 aromatic carbocycles. The summed E-state index contributed by atoms with van der Waals surface area (Å²) in [5.74, 6) is -0.668. The van der Waals surface area contributed by atoms with Gasteiger partial charge < -0.3 is 5.32 Å². The summed E-state index contributed by atoms with van der Waals surface area (Å²) in [4.78, 5) is 11.7. The summed E-state index contributed by atoms with van der Waals surface area (Å²) < 4.78 is 12.8. The Kier molecular flexibility index (Phi) is 5.96. The lowest BCUT2D eigenvalue weighted by Crippen LogP contribution is -2.26. The molecule has 2 aromatic rings. The largest absolute Gasteiger partial charge is 0.376 e. The highest BCUT2D eigenvalue weighted by atomic mass is 35.5. The molecule has 0 saturated heterocycles. The van der Waals surface area contributed by atoms with Gasteiger partial charge >= 0.3 is 0 Å². The van der Waals surface area contributed by atoms with Crippen LogP contribution in [0.5, 0.6) is 0 Å². The third-order valence-corrected chi connectivity index (χ3v) is 3.51. The summed E-state index contributed by atoms with van der Waals surface area (Å²) in [6, 6.07) is 10.7. The molecule has 0 heterocycles. The van der Waals surface area contributed by atoms with E-state index in [2.05, 4.69) is 15.8 Å². The predicted octanol–water partition coefficient (Wildman–Crippen LogP) is 4.08. The van der Waals surface area contributed by atoms with E-state index in [-0.39, 0.29) is 18.3 Å². The van der Waals surface area contributed by atoms with Gasteiger partial charge in [0.15, 0.2) is 0 Å². The van der Waals surface area contributed by atoms with Gasteiger partial charge in [0.2, 0.25) is 0 Å². The molecule has 0 atom stereocenters. The van der Waals surface area contributed by atoms with E-state index in [0.717, 1.165) is 0 Å². The molecule has 0 aromatic heterocycles. The molecule has 0 aliphatic heterocycles. The molecule has 4 nitrogen and oxygen atoms in total. The number of halogens is 3. The summed E-state index contributed by atoms with van der Waals surface area (Å²) in [7, 11) is 0. The maximum atomic E-state index is 12.8. The van der Waals surface area contributed by atoms with E-state index in [4.69, 9.17) is 23.2 Å². The van der Waals surface area contributed by atoms with Crippen molar-refractivity contribution < 1.29 is 9.18 Å². The van der Waals surface area contributed by atoms with Crippen molar-refractivity contribution in [3.05, 3.63) is 63.9 Å². The second-order valence-corrected chi connectivity index (χ2v) is 5.56. The van der Waals surface area contributed by atoms with Crippen molar-refractivity contribution in [2.45, 2.75) is 6.92 Å². The van der Waals surface area contributed by atoms with Crippen molar-refractivity contribution in [1.29, 1.82) is 0 Å². The van der Waals surface area contributed by atoms with Gasteiger partial charge in [-0.1, -0.05) is 29.3 Å². The number of carbonyl (C=O) groups is 1. The summed E-state index contributed by atoms with van der Waals surface area (Å²) in [5, 5.41) is 7.85. The molecule has 0 saturated carbocycles. The highest BCUT2D eigenvalue weighted by molar-refractivity contribution is 6.37. The van der Waals surface area contributed by atoms with Gasteiger partial charge in [-0.05, 0) is 43.3 Å². The number of anilines is 1. The Morgan fingerprint density at radius 3 is 2.52 bits per heavy atom. The van der Waals surface area contributed by atoms with Crippen molar-refractivity contribution in [2.75, 3.05) is 11.9 Å². The van der Waals surface area contributed by atoms with Gasteiger partial charge in [-0.2, -0.15) is 5.10 Å². The second kappa shape index (κ2) is 7.94. The zero-order valence-electron chi connectivity index (χ0n) is 12.2. The molecule has 7 heteroatoms. The summed E-state index contributed by atoms with van der Waals surface area (Å²) in [5.41, 5.74) is 4.31. The minimum Gasteiger partial charge on any atom is -0.376 e. The molecule has 2 rings (SSSR count). The molecule has 0 bridgehead atoms. The first-order valence-corrected chi connectivity index (χ1v) is 7.49. The molecule has 2 N–H and O–H groups in total. The number of nitrogens with zero attached hydrogens (tertiary/aromatic N) is 1. The van der Waals surface area contributed by atoms with E-state index in [9.17, 15) is 9.18 Å². The topological polar surface area (TPSA) is 53.5 Å². The number of hydrogen-bond acceptors (Lipinski definition) is 3. The van der Waals surface area contributed by atoms with Crippen molar-refractivity contribution in [1.82, 2.24) is 5.43 Å². The van der Waals surface area contributed by atoms with E-state index in [1.54, 1.807) is 37.3 Å². The van der Waals surface area contributed by atoms with Crippen LogP contribution in [0.1, 0.15) is 12.5 Å². The number of amides is 1. The fraction of sp³-hybridized carbons (Fsp3) is 0.125. The van der Waals surface area contributed by atoms with Crippen LogP contribution in [0.4, 0.5) is 10.1 Å². The normalized spacial score (nSPS) is 11.2. The van der Waals surface area contributed by atoms with Gasteiger partial charge in [0.25, 0.3) is 5.91 Å². The first-order chi connectivity index (χ1) is 11.0. The monoisotopic (exact) mass is 353 g/mol. The Morgan fingerprint density at radius 1 is 1.17 bits per heavy atom. The van der Waals surface area contributed by atoms with Gasteiger partial charge in [-0.25, -0.2) is 9.82 Å². The molecule has 0 aliphatic rings. The maximum Gasteiger partial charge on any atom is 0.259 e. The van der Waals surface area contributed by atoms with Crippen molar-refractivity contribution in [3.63, 3.8) is 0 Å². The zero-order valence-corrected chi connectivity index (χ0v) is 13.7. The molecule has 0 fully saturated rings. The Morgan fingerprint density at radius 2 is 1.87 bits per heavy atom. The lowest BCUT2D eigenvalue weighted by molar-refractivity contribution is -0.119. The van der Waals surface area contributed by atoms with E-state index < -0.39 is 0 Å². The van der Waals surface area contributed by atoms with Gasteiger partial charge in [0.1, 0.15) is 5.82 Å². The highest BCUT2D eigenvalue weighted by Gasteiger charge is 2.06. The van der Waals surface area contributed by atoms with Crippen LogP contribution < -0.4 is 10.7 Å². The van der Waals surface area contributed by atoms with Crippen molar-refractivity contribution in [3.8, 4) is 0 Å². The van der Waals surface area contributed by atoms with Gasteiger partial charge in [0.05, 0.1) is 17.3 Å². The number of carbonyl (C=O) groups excluding carboxylic acids is 1. The van der Waals surface area contributed by atoms with Gasteiger partial charge in [-0.15, -0.1) is 0 Å². The lowest BCUT2D eigenvalue weighted by atomic mass is 10.1. The molecule has 120 valence electrons. The Bertz CT molecular complexity index is 733. The van der Waals surface area contributed by atoms with Crippen LogP contribution >= 0.6 is 23.2 Å². The third-order valence-electron chi connectivity index (χ3n) is 2.97. The van der Waals surface area contributed by atoms with Crippen LogP contribution in [-0.4, -0.2) is 18.2 Å². The third kappa shape index (κ3) is 5.23. The molecule has 0 aliphatic carbocycles. The first kappa shape index (κ1) is 17.2. The molecule has 23 heavy (non-hydrogen) atoms. The quantitative estimate of drug-likeness (QED) is 0.628. The SMILES string of the molecule is CC(=NNC(=O)CNc1ccc(F)cc1)c1ccc(Cl)cc1Cl. The van der Waals surface area contributed by atoms with E-state index in [1.165, 1.54) is 12.1 Å². The highest BCUT2D eigenvalue weighted by Crippen LogP contribution is 2.21. The number of rotatable bonds is 5. The summed E-state index contributed by atoms with van der Waals surface area (Å²) >= 11 is 11.9. The number of nitrogens with one attached hydrogen (secondary N) is 2. The standard InChI is InChI=1S/C16H14Cl2FN3O/c1-10(14-7-2-11(17)8-15(14)18)21-22-16(23)9-20-13-5-3-12(19)4-6-13/h2-8,20H,9H2,1H3,(H,22,23). The van der Waals surface area contributed by atoms with E-state index in [1.807, 2.05) is 0 Å². The van der Waals surface area contributed by atoms with Gasteiger partial charge in [-0.3, -0.25) is 4.79 Å². The molecule has 0 spiro atoms. The molecular weight excluding hydrogens is 340 g/mol. The zero-order chi connectivity index (χ0) is 16.8. The Hall–Kier alpha value is -2.11. The average Bonchev–Trinajstić information content (AvgIpc) is 2.52. The molecular formula is C16H14Cl2FN3O. The maximum absolute atomic E-state index is 12.8. The van der Waals surface area contributed by atoms with Crippen LogP contribution in [0.3, 0.4) is 0 Å². The summed E-state index contributed by atoms with van der Waals surface area (Å²) in [6.07, 6.45) is 0. The average molecular weight is 354 g/mol. The lowest BCUT2D eigenvalue weighted by Gasteiger charge is -2.07. The van der Waals surface area contributed by atoms with Crippen LogP contribution in [0.2, 0.25) is 10.0 Å². The predicted molar refractivity (Wildman–Crippen MR) is 91.7 cm³/mol. The van der Waals surface area contributed by atoms with Gasteiger partial charge in [0, 0.05) is 16.3 Å². The Balaban J connectivity index is 1.90. The Labute approximate surface area is 143 Å². The van der Waals surface area contributed by atoms with Crippen molar-refractivity contribution in [2.24, 2.45) is 5.10 Å². The van der Waals surface area contributed by atoms with Crippen LogP contribution in [0.15, 0.2) is 47.6 Å². The van der Waals surface area contributed by atoms with Crippen LogP contribution in [0.25, 0.3) is 0 Å². The number of hydrazone groups is 1. The second-order valence-electron chi connectivity index (χ2n) is 4.72. The van der Waals surface area contributed by atoms with E-state index >= 15 is 0 Å². The van der Waals surface area contributed by atoms with Crippen LogP contribution in [0, 0.1) is 5.82 Å². The molecule has 1 amide bonds. The molecule has 0 radical (unpaired) electrons. The van der Waals surface area contributed by atoms with E-state index in [0.29, 0.717) is 27.0 Å².